The third kappa shape index (κ3) is 6.19. The van der Waals surface area contributed by atoms with E-state index < -0.39 is 28.5 Å². The monoisotopic (exact) mass is 395 g/mol. The van der Waals surface area contributed by atoms with Crippen molar-refractivity contribution >= 4 is 27.7 Å². The molecule has 0 aliphatic carbocycles. The first kappa shape index (κ1) is 20.6. The van der Waals surface area contributed by atoms with E-state index in [0.29, 0.717) is 11.3 Å². The topological polar surface area (TPSA) is 128 Å². The smallest absolute Gasteiger partial charge is 0.307 e. The van der Waals surface area contributed by atoms with Crippen LogP contribution in [0.5, 0.6) is 0 Å². The number of sulfonamides is 1. The SMILES string of the molecule is Cc1ccc(S(=O)(=O)NCCC(=O)OCC(=O)Nc2cc(C)on2)c(C)c1. The number of carbonyl (C=O) groups excluding carboxylic acids is 2. The van der Waals surface area contributed by atoms with Crippen LogP contribution in [0.4, 0.5) is 5.82 Å². The summed E-state index contributed by atoms with van der Waals surface area (Å²) in [6.07, 6.45) is -0.208. The zero-order chi connectivity index (χ0) is 20.0. The van der Waals surface area contributed by atoms with Crippen molar-refractivity contribution < 1.29 is 27.3 Å². The summed E-state index contributed by atoms with van der Waals surface area (Å²) in [5, 5.41) is 5.97. The number of amides is 1. The van der Waals surface area contributed by atoms with E-state index in [1.165, 1.54) is 12.1 Å². The van der Waals surface area contributed by atoms with Gasteiger partial charge in [-0.3, -0.25) is 9.59 Å². The molecule has 0 radical (unpaired) electrons. The number of nitrogens with one attached hydrogen (secondary N) is 2. The van der Waals surface area contributed by atoms with Crippen molar-refractivity contribution in [1.82, 2.24) is 9.88 Å². The van der Waals surface area contributed by atoms with Crippen molar-refractivity contribution in [2.24, 2.45) is 0 Å². The number of hydrogen-bond acceptors (Lipinski definition) is 7. The Hall–Kier alpha value is -2.72. The molecule has 0 bridgehead atoms. The van der Waals surface area contributed by atoms with E-state index in [4.69, 9.17) is 9.26 Å². The standard InChI is InChI=1S/C17H21N3O6S/c1-11-4-5-14(12(2)8-11)27(23,24)18-7-6-17(22)25-10-16(21)19-15-9-13(3)26-20-15/h4-5,8-9,18H,6-7,10H2,1-3H3,(H,19,20,21). The van der Waals surface area contributed by atoms with Crippen LogP contribution in [0, 0.1) is 20.8 Å². The summed E-state index contributed by atoms with van der Waals surface area (Å²) < 4.78 is 36.5. The highest BCUT2D eigenvalue weighted by molar-refractivity contribution is 7.89. The van der Waals surface area contributed by atoms with Crippen molar-refractivity contribution in [3.63, 3.8) is 0 Å². The van der Waals surface area contributed by atoms with Crippen LogP contribution >= 0.6 is 0 Å². The molecule has 0 saturated heterocycles. The van der Waals surface area contributed by atoms with Gasteiger partial charge < -0.3 is 14.6 Å². The molecule has 2 N–H and O–H groups in total. The number of ether oxygens (including phenoxy) is 1. The van der Waals surface area contributed by atoms with Crippen LogP contribution in [0.3, 0.4) is 0 Å². The minimum atomic E-state index is -3.73. The maximum absolute atomic E-state index is 12.3. The van der Waals surface area contributed by atoms with Gasteiger partial charge in [0, 0.05) is 12.6 Å². The Balaban J connectivity index is 1.75. The quantitative estimate of drug-likeness (QED) is 0.648. The number of rotatable bonds is 8. The number of anilines is 1. The molecule has 2 aromatic rings. The lowest BCUT2D eigenvalue weighted by Gasteiger charge is -2.10. The van der Waals surface area contributed by atoms with Crippen LogP contribution in [0.2, 0.25) is 0 Å². The number of esters is 1. The highest BCUT2D eigenvalue weighted by Gasteiger charge is 2.17. The van der Waals surface area contributed by atoms with Crippen LogP contribution in [0.15, 0.2) is 33.7 Å². The molecule has 1 aromatic carbocycles. The number of carbonyl (C=O) groups is 2. The molecule has 10 heteroatoms. The van der Waals surface area contributed by atoms with E-state index >= 15 is 0 Å². The molecule has 0 aliphatic rings. The lowest BCUT2D eigenvalue weighted by molar-refractivity contribution is -0.147. The number of aromatic nitrogens is 1. The summed E-state index contributed by atoms with van der Waals surface area (Å²) in [5.74, 6) is -0.537. The maximum Gasteiger partial charge on any atom is 0.307 e. The normalized spacial score (nSPS) is 11.2. The van der Waals surface area contributed by atoms with E-state index in [0.717, 1.165) is 5.56 Å². The lowest BCUT2D eigenvalue weighted by atomic mass is 10.2. The van der Waals surface area contributed by atoms with Crippen molar-refractivity contribution in [2.75, 3.05) is 18.5 Å². The Morgan fingerprint density at radius 2 is 1.93 bits per heavy atom. The van der Waals surface area contributed by atoms with E-state index in [-0.39, 0.29) is 23.7 Å². The third-order valence-corrected chi connectivity index (χ3v) is 5.12. The second-order valence-electron chi connectivity index (χ2n) is 5.95. The van der Waals surface area contributed by atoms with Crippen LogP contribution in [0.25, 0.3) is 0 Å². The molecule has 0 atom stereocenters. The lowest BCUT2D eigenvalue weighted by Crippen LogP contribution is -2.28. The molecular weight excluding hydrogens is 374 g/mol. The van der Waals surface area contributed by atoms with Crippen molar-refractivity contribution in [3.8, 4) is 0 Å². The second kappa shape index (κ2) is 8.78. The van der Waals surface area contributed by atoms with Crippen molar-refractivity contribution in [2.45, 2.75) is 32.1 Å². The largest absolute Gasteiger partial charge is 0.456 e. The van der Waals surface area contributed by atoms with Gasteiger partial charge in [0.15, 0.2) is 12.4 Å². The Labute approximate surface area is 157 Å². The summed E-state index contributed by atoms with van der Waals surface area (Å²) in [6, 6.07) is 6.49. The van der Waals surface area contributed by atoms with Gasteiger partial charge in [0.05, 0.1) is 11.3 Å². The van der Waals surface area contributed by atoms with Crippen LogP contribution in [0.1, 0.15) is 23.3 Å². The number of aryl methyl sites for hydroxylation is 3. The first-order valence-corrected chi connectivity index (χ1v) is 9.61. The maximum atomic E-state index is 12.3. The molecule has 27 heavy (non-hydrogen) atoms. The number of benzene rings is 1. The second-order valence-corrected chi connectivity index (χ2v) is 7.68. The Morgan fingerprint density at radius 3 is 2.56 bits per heavy atom. The molecule has 9 nitrogen and oxygen atoms in total. The fourth-order valence-electron chi connectivity index (χ4n) is 2.29. The number of nitrogens with zero attached hydrogens (tertiary/aromatic N) is 1. The van der Waals surface area contributed by atoms with Gasteiger partial charge in [0.1, 0.15) is 5.76 Å². The van der Waals surface area contributed by atoms with Crippen molar-refractivity contribution in [1.29, 1.82) is 0 Å². The average molecular weight is 395 g/mol. The molecule has 2 rings (SSSR count). The summed E-state index contributed by atoms with van der Waals surface area (Å²) >= 11 is 0. The van der Waals surface area contributed by atoms with Gasteiger partial charge in [-0.25, -0.2) is 13.1 Å². The summed E-state index contributed by atoms with van der Waals surface area (Å²) in [5.41, 5.74) is 1.57. The van der Waals surface area contributed by atoms with E-state index in [9.17, 15) is 18.0 Å². The van der Waals surface area contributed by atoms with Gasteiger partial charge in [0.25, 0.3) is 5.91 Å². The fraction of sp³-hybridized carbons (Fsp3) is 0.353. The molecule has 0 spiro atoms. The minimum Gasteiger partial charge on any atom is -0.456 e. The predicted octanol–water partition coefficient (Wildman–Crippen LogP) is 1.45. The van der Waals surface area contributed by atoms with Gasteiger partial charge >= 0.3 is 5.97 Å². The summed E-state index contributed by atoms with van der Waals surface area (Å²) in [7, 11) is -3.73. The third-order valence-electron chi connectivity index (χ3n) is 3.50. The first-order valence-electron chi connectivity index (χ1n) is 8.13. The molecule has 0 aliphatic heterocycles. The molecule has 1 aromatic heterocycles. The Kier molecular flexibility index (Phi) is 6.70. The highest BCUT2D eigenvalue weighted by atomic mass is 32.2. The van der Waals surface area contributed by atoms with Gasteiger partial charge in [-0.15, -0.1) is 0 Å². The van der Waals surface area contributed by atoms with Gasteiger partial charge in [-0.05, 0) is 32.4 Å². The molecule has 1 amide bonds. The summed E-state index contributed by atoms with van der Waals surface area (Å²) in [4.78, 5) is 23.5. The highest BCUT2D eigenvalue weighted by Crippen LogP contribution is 2.16. The average Bonchev–Trinajstić information content (AvgIpc) is 2.97. The molecule has 1 heterocycles. The van der Waals surface area contributed by atoms with Crippen LogP contribution in [-0.4, -0.2) is 38.6 Å². The van der Waals surface area contributed by atoms with E-state index in [1.807, 2.05) is 6.92 Å². The zero-order valence-electron chi connectivity index (χ0n) is 15.2. The van der Waals surface area contributed by atoms with Gasteiger partial charge in [-0.1, -0.05) is 22.9 Å². The summed E-state index contributed by atoms with van der Waals surface area (Å²) in [6.45, 7) is 4.59. The van der Waals surface area contributed by atoms with E-state index in [1.54, 1.807) is 26.0 Å². The zero-order valence-corrected chi connectivity index (χ0v) is 16.1. The predicted molar refractivity (Wildman–Crippen MR) is 96.6 cm³/mol. The molecule has 146 valence electrons. The molecule has 0 unspecified atom stereocenters. The van der Waals surface area contributed by atoms with E-state index in [2.05, 4.69) is 15.2 Å². The molecule has 0 saturated carbocycles. The van der Waals surface area contributed by atoms with Crippen molar-refractivity contribution in [3.05, 3.63) is 41.2 Å². The fourth-order valence-corrected chi connectivity index (χ4v) is 3.54. The first-order chi connectivity index (χ1) is 12.7. The Morgan fingerprint density at radius 1 is 1.19 bits per heavy atom. The van der Waals surface area contributed by atoms with Crippen LogP contribution < -0.4 is 10.0 Å². The molecular formula is C17H21N3O6S. The van der Waals surface area contributed by atoms with Gasteiger partial charge in [0.2, 0.25) is 10.0 Å². The van der Waals surface area contributed by atoms with Gasteiger partial charge in [-0.2, -0.15) is 0 Å². The molecule has 0 fully saturated rings. The minimum absolute atomic E-state index is 0.140. The number of hydrogen-bond donors (Lipinski definition) is 2. The van der Waals surface area contributed by atoms with Crippen LogP contribution in [-0.2, 0) is 24.3 Å². The Bertz CT molecular complexity index is 936.